The van der Waals surface area contributed by atoms with E-state index in [1.807, 2.05) is 42.2 Å². The fraction of sp³-hybridized carbons (Fsp3) is 0.533. The number of aryl methyl sites for hydroxylation is 1. The third kappa shape index (κ3) is 6.57. The molecule has 2 amide bonds. The summed E-state index contributed by atoms with van der Waals surface area (Å²) in [6.07, 6.45) is 3.69. The lowest BCUT2D eigenvalue weighted by Gasteiger charge is -2.39. The van der Waals surface area contributed by atoms with E-state index in [0.717, 1.165) is 42.4 Å². The first-order valence-electron chi connectivity index (χ1n) is 13.6. The average Bonchev–Trinajstić information content (AvgIpc) is 3.21. The van der Waals surface area contributed by atoms with Gasteiger partial charge in [0.15, 0.2) is 0 Å². The molecule has 2 aromatic rings. The number of rotatable bonds is 8. The topological polar surface area (TPSA) is 95.7 Å². The second-order valence-electron chi connectivity index (χ2n) is 10.9. The highest BCUT2D eigenvalue weighted by Crippen LogP contribution is 2.41. The van der Waals surface area contributed by atoms with Crippen molar-refractivity contribution >= 4 is 11.8 Å². The molecule has 1 saturated heterocycles. The van der Waals surface area contributed by atoms with Gasteiger partial charge in [-0.15, -0.1) is 0 Å². The Morgan fingerprint density at radius 3 is 2.70 bits per heavy atom. The zero-order valence-electron chi connectivity index (χ0n) is 22.0. The van der Waals surface area contributed by atoms with Gasteiger partial charge in [0.2, 0.25) is 11.8 Å². The van der Waals surface area contributed by atoms with Crippen LogP contribution in [0.2, 0.25) is 0 Å². The van der Waals surface area contributed by atoms with Crippen LogP contribution in [0.25, 0.3) is 11.1 Å². The lowest BCUT2D eigenvalue weighted by Crippen LogP contribution is -2.44. The fourth-order valence-corrected chi connectivity index (χ4v) is 6.23. The van der Waals surface area contributed by atoms with Crippen LogP contribution in [0, 0.1) is 24.6 Å². The number of amides is 2. The molecule has 1 saturated carbocycles. The summed E-state index contributed by atoms with van der Waals surface area (Å²) < 4.78 is 15.4. The molecule has 37 heavy (non-hydrogen) atoms. The minimum atomic E-state index is -0.625. The Hall–Kier alpha value is -2.77. The van der Waals surface area contributed by atoms with Gasteiger partial charge in [-0.1, -0.05) is 42.0 Å². The van der Waals surface area contributed by atoms with Crippen LogP contribution in [0.4, 0.5) is 4.39 Å². The number of hydrogen-bond donors (Lipinski definition) is 3. The number of carbonyl (C=O) groups excluding carboxylic acids is 2. The van der Waals surface area contributed by atoms with Crippen molar-refractivity contribution in [2.75, 3.05) is 19.6 Å². The van der Waals surface area contributed by atoms with E-state index in [0.29, 0.717) is 38.0 Å². The molecule has 2 aliphatic rings. The molecule has 0 unspecified atom stereocenters. The molecule has 0 radical (unpaired) electrons. The van der Waals surface area contributed by atoms with Gasteiger partial charge in [0.1, 0.15) is 5.82 Å². The van der Waals surface area contributed by atoms with Crippen LogP contribution < -0.4 is 11.1 Å². The molecule has 2 aromatic carbocycles. The molecule has 5 atom stereocenters. The molecule has 0 aromatic heterocycles. The van der Waals surface area contributed by atoms with Gasteiger partial charge < -0.3 is 21.1 Å². The van der Waals surface area contributed by atoms with Crippen LogP contribution in [-0.4, -0.2) is 53.6 Å². The Labute approximate surface area is 219 Å². The Kier molecular flexibility index (Phi) is 8.98. The molecule has 2 fully saturated rings. The number of halogens is 1. The first-order valence-corrected chi connectivity index (χ1v) is 13.6. The summed E-state index contributed by atoms with van der Waals surface area (Å²) in [6.45, 7) is 5.38. The first kappa shape index (κ1) is 27.3. The summed E-state index contributed by atoms with van der Waals surface area (Å²) in [6, 6.07) is 12.9. The van der Waals surface area contributed by atoms with Crippen molar-refractivity contribution in [2.45, 2.75) is 70.4 Å². The molecule has 1 aliphatic heterocycles. The van der Waals surface area contributed by atoms with E-state index in [9.17, 15) is 14.7 Å². The quantitative estimate of drug-likeness (QED) is 0.466. The van der Waals surface area contributed by atoms with Crippen LogP contribution in [-0.2, 0) is 9.59 Å². The number of aliphatic hydroxyl groups excluding tert-OH is 1. The van der Waals surface area contributed by atoms with Gasteiger partial charge >= 0.3 is 0 Å². The second-order valence-corrected chi connectivity index (χ2v) is 10.9. The van der Waals surface area contributed by atoms with Gasteiger partial charge in [0, 0.05) is 44.1 Å². The number of hydrogen-bond acceptors (Lipinski definition) is 4. The molecule has 0 spiro atoms. The minimum absolute atomic E-state index is 0.0343. The molecule has 1 aliphatic carbocycles. The number of benzene rings is 2. The smallest absolute Gasteiger partial charge is 0.225 e. The largest absolute Gasteiger partial charge is 0.391 e. The summed E-state index contributed by atoms with van der Waals surface area (Å²) in [5.74, 6) is -0.264. The molecule has 200 valence electrons. The van der Waals surface area contributed by atoms with Gasteiger partial charge in [-0.25, -0.2) is 4.39 Å². The van der Waals surface area contributed by atoms with Crippen LogP contribution in [0.5, 0.6) is 0 Å². The standard InChI is InChI=1S/C30H40FN3O3/c1-19-7-3-8-21(15-19)29-25(10-4-12-26(29)31)24(11-5-13-33-20(2)35)22-9-6-14-34(18-22)30(37)23-16-27(32)28(36)17-23/h3-4,7-8,10,12,15,22-24,27-28,36H,5-6,9,11,13-14,16-18,32H2,1-2H3,(H,33,35)/t22-,23-,24-,27+,28-/m0/s1. The number of aliphatic hydroxyl groups is 1. The van der Waals surface area contributed by atoms with E-state index in [1.54, 1.807) is 6.07 Å². The lowest BCUT2D eigenvalue weighted by molar-refractivity contribution is -0.137. The van der Waals surface area contributed by atoms with Gasteiger partial charge in [0.25, 0.3) is 0 Å². The third-order valence-corrected chi connectivity index (χ3v) is 8.08. The van der Waals surface area contributed by atoms with Gasteiger partial charge in [0.05, 0.1) is 6.10 Å². The van der Waals surface area contributed by atoms with E-state index < -0.39 is 6.10 Å². The molecule has 7 heteroatoms. The number of likely N-dealkylation sites (tertiary alicyclic amines) is 1. The van der Waals surface area contributed by atoms with Crippen LogP contribution in [0.3, 0.4) is 0 Å². The Bertz CT molecular complexity index is 1100. The maximum absolute atomic E-state index is 15.4. The molecule has 4 N–H and O–H groups in total. The number of piperidine rings is 1. The SMILES string of the molecule is CC(=O)NCCC[C@H](c1cccc(F)c1-c1cccc(C)c1)[C@H]1CCCN(C(=O)[C@H]2C[C@@H](N)[C@@H](O)C2)C1. The summed E-state index contributed by atoms with van der Waals surface area (Å²) in [5, 5.41) is 13.0. The summed E-state index contributed by atoms with van der Waals surface area (Å²) in [4.78, 5) is 26.7. The Morgan fingerprint density at radius 2 is 2.00 bits per heavy atom. The summed E-state index contributed by atoms with van der Waals surface area (Å²) in [5.41, 5.74) is 9.51. The summed E-state index contributed by atoms with van der Waals surface area (Å²) in [7, 11) is 0. The van der Waals surface area contributed by atoms with Crippen molar-refractivity contribution in [3.8, 4) is 11.1 Å². The monoisotopic (exact) mass is 509 g/mol. The highest BCUT2D eigenvalue weighted by atomic mass is 19.1. The third-order valence-electron chi connectivity index (χ3n) is 8.08. The Morgan fingerprint density at radius 1 is 1.22 bits per heavy atom. The second kappa shape index (κ2) is 12.2. The van der Waals surface area contributed by atoms with Crippen molar-refractivity contribution in [3.05, 3.63) is 59.4 Å². The van der Waals surface area contributed by atoms with E-state index in [-0.39, 0.29) is 41.4 Å². The zero-order chi connectivity index (χ0) is 26.5. The number of nitrogens with one attached hydrogen (secondary N) is 1. The predicted octanol–water partition coefficient (Wildman–Crippen LogP) is 4.14. The highest BCUT2D eigenvalue weighted by Gasteiger charge is 2.39. The van der Waals surface area contributed by atoms with Crippen LogP contribution in [0.1, 0.15) is 62.5 Å². The van der Waals surface area contributed by atoms with Gasteiger partial charge in [-0.3, -0.25) is 9.59 Å². The van der Waals surface area contributed by atoms with Crippen molar-refractivity contribution in [1.29, 1.82) is 0 Å². The van der Waals surface area contributed by atoms with Crippen molar-refractivity contribution < 1.29 is 19.1 Å². The van der Waals surface area contributed by atoms with Crippen LogP contribution in [0.15, 0.2) is 42.5 Å². The molecular weight excluding hydrogens is 469 g/mol. The molecule has 6 nitrogen and oxygen atoms in total. The molecule has 4 rings (SSSR count). The number of nitrogens with two attached hydrogens (primary N) is 1. The fourth-order valence-electron chi connectivity index (χ4n) is 6.23. The van der Waals surface area contributed by atoms with Crippen LogP contribution >= 0.6 is 0 Å². The van der Waals surface area contributed by atoms with Crippen molar-refractivity contribution in [1.82, 2.24) is 10.2 Å². The van der Waals surface area contributed by atoms with Crippen molar-refractivity contribution in [2.24, 2.45) is 17.6 Å². The molecule has 0 bridgehead atoms. The van der Waals surface area contributed by atoms with Gasteiger partial charge in [-0.2, -0.15) is 0 Å². The Balaban J connectivity index is 1.62. The molecule has 1 heterocycles. The molecular formula is C30H40FN3O3. The number of nitrogens with zero attached hydrogens (tertiary/aromatic N) is 1. The van der Waals surface area contributed by atoms with Crippen molar-refractivity contribution in [3.63, 3.8) is 0 Å². The number of carbonyl (C=O) groups is 2. The van der Waals surface area contributed by atoms with E-state index in [1.165, 1.54) is 13.0 Å². The van der Waals surface area contributed by atoms with E-state index in [2.05, 4.69) is 5.32 Å². The highest BCUT2D eigenvalue weighted by molar-refractivity contribution is 5.79. The van der Waals surface area contributed by atoms with Gasteiger partial charge in [-0.05, 0) is 74.5 Å². The van der Waals surface area contributed by atoms with E-state index in [4.69, 9.17) is 5.73 Å². The lowest BCUT2D eigenvalue weighted by atomic mass is 9.75. The zero-order valence-corrected chi connectivity index (χ0v) is 22.0. The summed E-state index contributed by atoms with van der Waals surface area (Å²) >= 11 is 0. The minimum Gasteiger partial charge on any atom is -0.391 e. The first-order chi connectivity index (χ1) is 17.7. The average molecular weight is 510 g/mol. The maximum atomic E-state index is 15.4. The maximum Gasteiger partial charge on any atom is 0.225 e. The predicted molar refractivity (Wildman–Crippen MR) is 143 cm³/mol. The normalized spacial score (nSPS) is 24.6. The van der Waals surface area contributed by atoms with E-state index >= 15 is 4.39 Å².